The van der Waals surface area contributed by atoms with Crippen LogP contribution in [0.5, 0.6) is 23.4 Å². The lowest BCUT2D eigenvalue weighted by molar-refractivity contribution is -0.126. The minimum Gasteiger partial charge on any atom is -0.491 e. The van der Waals surface area contributed by atoms with E-state index in [2.05, 4.69) is 25.5 Å². The number of benzene rings is 2. The molecule has 1 fully saturated rings. The maximum atomic E-state index is 13.1. The van der Waals surface area contributed by atoms with Crippen LogP contribution in [-0.2, 0) is 13.0 Å². The summed E-state index contributed by atoms with van der Waals surface area (Å²) in [6, 6.07) is 20.2. The summed E-state index contributed by atoms with van der Waals surface area (Å²) in [6.07, 6.45) is -4.94. The van der Waals surface area contributed by atoms with Crippen molar-refractivity contribution >= 4 is 39.8 Å². The van der Waals surface area contributed by atoms with E-state index >= 15 is 0 Å². The number of hydrogen-bond donors (Lipinski definition) is 2. The number of aromatic nitrogens is 4. The third-order valence-electron chi connectivity index (χ3n) is 8.04. The van der Waals surface area contributed by atoms with E-state index in [1.165, 1.54) is 13.2 Å². The molecular weight excluding hydrogens is 669 g/mol. The van der Waals surface area contributed by atoms with Crippen LogP contribution in [0.1, 0.15) is 23.3 Å². The van der Waals surface area contributed by atoms with E-state index in [4.69, 9.17) is 14.2 Å². The zero-order valence-corrected chi connectivity index (χ0v) is 27.9. The molecule has 0 amide bonds. The number of hydrogen-bond acceptors (Lipinski definition) is 11. The van der Waals surface area contributed by atoms with E-state index in [-0.39, 0.29) is 41.3 Å². The van der Waals surface area contributed by atoms with Crippen molar-refractivity contribution in [2.24, 2.45) is 0 Å². The lowest BCUT2D eigenvalue weighted by atomic mass is 10.1. The Bertz CT molecular complexity index is 1830. The topological polar surface area (TPSA) is 115 Å². The molecule has 2 N–H and O–H groups in total. The summed E-state index contributed by atoms with van der Waals surface area (Å²) in [6.45, 7) is 0.573. The Balaban J connectivity index is 0.00000451. The van der Waals surface area contributed by atoms with Crippen LogP contribution in [0.2, 0.25) is 0 Å². The fourth-order valence-electron chi connectivity index (χ4n) is 5.69. The molecule has 0 radical (unpaired) electrons. The number of anilines is 1. The number of thiophene rings is 1. The molecule has 2 aromatic carbocycles. The van der Waals surface area contributed by atoms with Crippen LogP contribution in [-0.4, -0.2) is 70.9 Å². The van der Waals surface area contributed by atoms with E-state index in [0.29, 0.717) is 52.6 Å². The first-order valence-corrected chi connectivity index (χ1v) is 15.7. The molecule has 5 aromatic rings. The van der Waals surface area contributed by atoms with Crippen LogP contribution >= 0.6 is 23.7 Å². The van der Waals surface area contributed by atoms with Crippen LogP contribution in [0, 0.1) is 0 Å². The van der Waals surface area contributed by atoms with E-state index < -0.39 is 18.7 Å². The molecule has 3 heterocycles. The Hall–Kier alpha value is -4.24. The summed E-state index contributed by atoms with van der Waals surface area (Å²) in [4.78, 5) is 11.1. The highest BCUT2D eigenvalue weighted by atomic mass is 35.5. The zero-order valence-electron chi connectivity index (χ0n) is 26.3. The molecule has 6 rings (SSSR count). The van der Waals surface area contributed by atoms with Crippen LogP contribution in [0.3, 0.4) is 0 Å². The van der Waals surface area contributed by atoms with Gasteiger partial charge in [-0.05, 0) is 36.6 Å². The largest absolute Gasteiger partial charge is 0.491 e. The maximum absolute atomic E-state index is 13.1. The molecule has 0 saturated heterocycles. The van der Waals surface area contributed by atoms with Crippen LogP contribution in [0.15, 0.2) is 66.7 Å². The molecule has 1 aliphatic carbocycles. The van der Waals surface area contributed by atoms with E-state index in [1.807, 2.05) is 59.5 Å². The highest BCUT2D eigenvalue weighted by Crippen LogP contribution is 2.38. The van der Waals surface area contributed by atoms with Gasteiger partial charge >= 0.3 is 12.2 Å². The van der Waals surface area contributed by atoms with Crippen molar-refractivity contribution in [1.82, 2.24) is 25.5 Å². The number of rotatable bonds is 11. The van der Waals surface area contributed by atoms with Crippen molar-refractivity contribution in [3.05, 3.63) is 77.2 Å². The second-order valence-electron chi connectivity index (χ2n) is 11.3. The number of alkyl halides is 3. The van der Waals surface area contributed by atoms with Gasteiger partial charge in [-0.1, -0.05) is 42.5 Å². The van der Waals surface area contributed by atoms with E-state index in [1.54, 1.807) is 20.2 Å². The van der Waals surface area contributed by atoms with Crippen molar-refractivity contribution in [2.45, 2.75) is 50.2 Å². The first kappa shape index (κ1) is 35.1. The molecule has 1 aliphatic rings. The van der Waals surface area contributed by atoms with Crippen molar-refractivity contribution in [1.29, 1.82) is 0 Å². The summed E-state index contributed by atoms with van der Waals surface area (Å²) in [7, 11) is 4.75. The average Bonchev–Trinajstić information content (AvgIpc) is 3.64. The van der Waals surface area contributed by atoms with Crippen LogP contribution < -0.4 is 24.4 Å². The van der Waals surface area contributed by atoms with Gasteiger partial charge in [0.2, 0.25) is 0 Å². The molecule has 0 aliphatic heterocycles. The minimum absolute atomic E-state index is 0. The smallest absolute Gasteiger partial charge is 0.393 e. The molecule has 48 heavy (non-hydrogen) atoms. The Labute approximate surface area is 285 Å². The summed E-state index contributed by atoms with van der Waals surface area (Å²) in [5.41, 5.74) is 2.54. The van der Waals surface area contributed by atoms with Crippen molar-refractivity contribution < 1.29 is 32.5 Å². The Morgan fingerprint density at radius 1 is 0.979 bits per heavy atom. The normalized spacial score (nSPS) is 17.6. The van der Waals surface area contributed by atoms with Gasteiger partial charge in [-0.2, -0.15) is 23.1 Å². The molecule has 15 heteroatoms. The quantitative estimate of drug-likeness (QED) is 0.156. The summed E-state index contributed by atoms with van der Waals surface area (Å²) in [5.74, 6) is 1.79. The molecule has 1 saturated carbocycles. The summed E-state index contributed by atoms with van der Waals surface area (Å²) < 4.78 is 55.8. The first-order valence-electron chi connectivity index (χ1n) is 14.9. The molecule has 3 atom stereocenters. The summed E-state index contributed by atoms with van der Waals surface area (Å²) in [5, 5.41) is 23.6. The van der Waals surface area contributed by atoms with Crippen molar-refractivity contribution in [3.63, 3.8) is 0 Å². The first-order chi connectivity index (χ1) is 22.6. The van der Waals surface area contributed by atoms with E-state index in [0.717, 1.165) is 22.5 Å². The van der Waals surface area contributed by atoms with Gasteiger partial charge in [0.25, 0.3) is 5.88 Å². The van der Waals surface area contributed by atoms with Gasteiger partial charge in [0, 0.05) is 36.1 Å². The van der Waals surface area contributed by atoms with Crippen LogP contribution in [0.25, 0.3) is 21.5 Å². The Morgan fingerprint density at radius 2 is 1.73 bits per heavy atom. The van der Waals surface area contributed by atoms with Crippen molar-refractivity contribution in [2.75, 3.05) is 26.2 Å². The zero-order chi connectivity index (χ0) is 33.1. The summed E-state index contributed by atoms with van der Waals surface area (Å²) >= 11 is 0.965. The number of halogens is 4. The number of para-hydroxylation sites is 1. The molecular formula is C33H34ClF3N6O4S. The Morgan fingerprint density at radius 3 is 2.42 bits per heavy atom. The number of aliphatic hydroxyl groups is 1. The third kappa shape index (κ3) is 8.06. The van der Waals surface area contributed by atoms with Gasteiger partial charge in [-0.3, -0.25) is 0 Å². The number of likely N-dealkylation sites (N-methyl/N-ethyl adjacent to an activating group) is 1. The number of methoxy groups -OCH3 is 2. The second-order valence-corrected chi connectivity index (χ2v) is 12.4. The van der Waals surface area contributed by atoms with Crippen LogP contribution in [0.4, 0.5) is 19.0 Å². The average molecular weight is 703 g/mol. The lowest BCUT2D eigenvalue weighted by Gasteiger charge is -2.28. The third-order valence-corrected chi connectivity index (χ3v) is 9.07. The highest BCUT2D eigenvalue weighted by molar-refractivity contribution is 7.18. The fourth-order valence-corrected chi connectivity index (χ4v) is 6.74. The van der Waals surface area contributed by atoms with Gasteiger partial charge in [-0.25, -0.2) is 0 Å². The number of nitrogens with one attached hydrogen (secondary N) is 1. The maximum Gasteiger partial charge on any atom is 0.393 e. The fraction of sp³-hybridized carbons (Fsp3) is 0.333. The van der Waals surface area contributed by atoms with E-state index in [9.17, 15) is 18.3 Å². The molecule has 3 aromatic heterocycles. The van der Waals surface area contributed by atoms with Gasteiger partial charge in [0.05, 0.1) is 43.9 Å². The number of fused-ring (bicyclic) bond motifs is 1. The monoisotopic (exact) mass is 702 g/mol. The molecule has 10 nitrogen and oxygen atoms in total. The molecule has 0 bridgehead atoms. The molecule has 0 spiro atoms. The Kier molecular flexibility index (Phi) is 10.9. The predicted octanol–water partition coefficient (Wildman–Crippen LogP) is 6.60. The van der Waals surface area contributed by atoms with Gasteiger partial charge in [0.1, 0.15) is 16.4 Å². The SMILES string of the molecule is COc1nc(N(C)[C@H]2C[C@@H](NCc3ccc(-c4cc(OC)c(Oc5ccccc5)nn4)cc3)C[C@H]2O)c2cc(CC(F)(F)F)sc2n1.Cl. The number of ether oxygens (including phenoxy) is 3. The minimum atomic E-state index is -4.34. The van der Waals surface area contributed by atoms with Gasteiger partial charge < -0.3 is 29.5 Å². The molecule has 0 unspecified atom stereocenters. The molecule has 254 valence electrons. The standard InChI is InChI=1S/C33H33F3N6O4S.ClH/c1-42(29-24-15-23(17-33(34,35)36)47-31(24)39-32(38-29)45-3)26-13-21(14-27(26)43)37-18-19-9-11-20(12-10-19)25-16-28(44-2)30(41-40-25)46-22-7-5-4-6-8-22;/h4-12,15-16,21,26-27,37,43H,13-14,17-18H2,1-3H3;1H/t21-,26+,27-;/m1./s1. The highest BCUT2D eigenvalue weighted by Gasteiger charge is 2.37. The predicted molar refractivity (Wildman–Crippen MR) is 180 cm³/mol. The number of nitrogens with zero attached hydrogens (tertiary/aromatic N) is 5. The lowest BCUT2D eigenvalue weighted by Crippen LogP contribution is -2.38. The van der Waals surface area contributed by atoms with Crippen molar-refractivity contribution in [3.8, 4) is 34.6 Å². The van der Waals surface area contributed by atoms with Gasteiger partial charge in [-0.15, -0.1) is 33.9 Å². The van der Waals surface area contributed by atoms with Gasteiger partial charge in [0.15, 0.2) is 5.75 Å². The second kappa shape index (κ2) is 14.9. The number of aliphatic hydroxyl groups excluding tert-OH is 1.